The van der Waals surface area contributed by atoms with E-state index in [0.717, 1.165) is 16.8 Å². The van der Waals surface area contributed by atoms with Crippen LogP contribution in [0.25, 0.3) is 0 Å². The van der Waals surface area contributed by atoms with Gasteiger partial charge in [0.1, 0.15) is 0 Å². The molecule has 0 aliphatic heterocycles. The monoisotopic (exact) mass is 286 g/mol. The maximum atomic E-state index is 8.89. The maximum Gasteiger partial charge on any atom is 0.0992 e. The average molecular weight is 287 g/mol. The van der Waals surface area contributed by atoms with E-state index < -0.39 is 0 Å². The van der Waals surface area contributed by atoms with E-state index in [4.69, 9.17) is 21.6 Å². The second kappa shape index (κ2) is 6.95. The van der Waals surface area contributed by atoms with Crippen LogP contribution in [0.15, 0.2) is 42.5 Å². The second-order valence-corrected chi connectivity index (χ2v) is 4.82. The molecule has 2 aromatic rings. The first-order valence-electron chi connectivity index (χ1n) is 6.23. The van der Waals surface area contributed by atoms with Gasteiger partial charge in [-0.25, -0.2) is 0 Å². The molecule has 0 heterocycles. The van der Waals surface area contributed by atoms with Crippen LogP contribution in [-0.4, -0.2) is 7.11 Å². The normalized spacial score (nSPS) is 10.1. The molecule has 0 radical (unpaired) electrons. The minimum Gasteiger partial charge on any atom is -0.380 e. The van der Waals surface area contributed by atoms with Crippen molar-refractivity contribution in [1.29, 1.82) is 5.26 Å². The van der Waals surface area contributed by atoms with Crippen molar-refractivity contribution >= 4 is 17.3 Å². The number of nitrogens with zero attached hydrogens (tertiary/aromatic N) is 1. The number of methoxy groups -OCH3 is 1. The molecule has 2 aromatic carbocycles. The minimum atomic E-state index is 0.590. The first-order valence-corrected chi connectivity index (χ1v) is 6.61. The molecule has 3 nitrogen and oxygen atoms in total. The number of benzene rings is 2. The molecule has 0 bridgehead atoms. The summed E-state index contributed by atoms with van der Waals surface area (Å²) in [7, 11) is 1.68. The molecule has 1 N–H and O–H groups in total. The Morgan fingerprint density at radius 1 is 1.15 bits per heavy atom. The summed E-state index contributed by atoms with van der Waals surface area (Å²) < 4.78 is 5.07. The topological polar surface area (TPSA) is 45.0 Å². The summed E-state index contributed by atoms with van der Waals surface area (Å²) >= 11 is 6.10. The van der Waals surface area contributed by atoms with Crippen molar-refractivity contribution in [1.82, 2.24) is 0 Å². The Hall–Kier alpha value is -2.02. The van der Waals surface area contributed by atoms with Gasteiger partial charge in [0.05, 0.1) is 28.9 Å². The molecule has 20 heavy (non-hydrogen) atoms. The Kier molecular flexibility index (Phi) is 5.00. The fraction of sp³-hybridized carbons (Fsp3) is 0.188. The van der Waals surface area contributed by atoms with Gasteiger partial charge in [-0.15, -0.1) is 0 Å². The van der Waals surface area contributed by atoms with E-state index in [2.05, 4.69) is 11.4 Å². The van der Waals surface area contributed by atoms with Crippen LogP contribution in [-0.2, 0) is 17.9 Å². The summed E-state index contributed by atoms with van der Waals surface area (Å²) in [5.41, 5.74) is 3.64. The minimum absolute atomic E-state index is 0.590. The Morgan fingerprint density at radius 2 is 1.85 bits per heavy atom. The highest BCUT2D eigenvalue weighted by Crippen LogP contribution is 2.23. The number of rotatable bonds is 5. The van der Waals surface area contributed by atoms with Crippen molar-refractivity contribution in [2.75, 3.05) is 12.4 Å². The lowest BCUT2D eigenvalue weighted by Gasteiger charge is -2.09. The second-order valence-electron chi connectivity index (χ2n) is 4.41. The summed E-state index contributed by atoms with van der Waals surface area (Å²) in [6, 6.07) is 15.4. The highest BCUT2D eigenvalue weighted by molar-refractivity contribution is 6.33. The zero-order valence-corrected chi connectivity index (χ0v) is 11.9. The van der Waals surface area contributed by atoms with Crippen molar-refractivity contribution in [2.24, 2.45) is 0 Å². The van der Waals surface area contributed by atoms with Crippen LogP contribution in [0.4, 0.5) is 5.69 Å². The van der Waals surface area contributed by atoms with Crippen LogP contribution in [0.3, 0.4) is 0 Å². The van der Waals surface area contributed by atoms with Crippen molar-refractivity contribution in [2.45, 2.75) is 13.2 Å². The van der Waals surface area contributed by atoms with Gasteiger partial charge in [-0.05, 0) is 29.3 Å². The molecule has 0 aliphatic rings. The Balaban J connectivity index is 2.03. The van der Waals surface area contributed by atoms with E-state index in [0.29, 0.717) is 23.7 Å². The van der Waals surface area contributed by atoms with Crippen LogP contribution in [0.1, 0.15) is 16.7 Å². The zero-order valence-electron chi connectivity index (χ0n) is 11.2. The first kappa shape index (κ1) is 14.4. The number of anilines is 1. The van der Waals surface area contributed by atoms with Gasteiger partial charge >= 0.3 is 0 Å². The number of nitriles is 1. The molecular formula is C16H15ClN2O. The van der Waals surface area contributed by atoms with Gasteiger partial charge in [0, 0.05) is 13.7 Å². The van der Waals surface area contributed by atoms with E-state index >= 15 is 0 Å². The number of nitrogens with one attached hydrogen (secondary N) is 1. The predicted molar refractivity (Wildman–Crippen MR) is 80.6 cm³/mol. The summed E-state index contributed by atoms with van der Waals surface area (Å²) in [6.45, 7) is 1.27. The van der Waals surface area contributed by atoms with E-state index in [1.54, 1.807) is 25.3 Å². The summed E-state index contributed by atoms with van der Waals surface area (Å²) in [5.74, 6) is 0. The SMILES string of the molecule is COCc1ccc(CNc2cc(C#N)ccc2Cl)cc1. The van der Waals surface area contributed by atoms with Crippen molar-refractivity contribution in [3.8, 4) is 6.07 Å². The number of ether oxygens (including phenoxy) is 1. The smallest absolute Gasteiger partial charge is 0.0992 e. The molecule has 0 aromatic heterocycles. The summed E-state index contributed by atoms with van der Waals surface area (Å²) in [5, 5.41) is 12.7. The third-order valence-corrected chi connectivity index (χ3v) is 3.24. The van der Waals surface area contributed by atoms with Crippen molar-refractivity contribution < 1.29 is 4.74 Å². The van der Waals surface area contributed by atoms with Gasteiger partial charge in [-0.3, -0.25) is 0 Å². The highest BCUT2D eigenvalue weighted by Gasteiger charge is 2.02. The zero-order chi connectivity index (χ0) is 14.4. The molecule has 0 fully saturated rings. The molecule has 0 aliphatic carbocycles. The standard InChI is InChI=1S/C16H15ClN2O/c1-20-11-13-4-2-12(3-5-13)10-19-16-8-14(9-18)6-7-15(16)17/h2-8,19H,10-11H2,1H3. The molecular weight excluding hydrogens is 272 g/mol. The van der Waals surface area contributed by atoms with E-state index in [1.165, 1.54) is 0 Å². The molecule has 0 amide bonds. The third-order valence-electron chi connectivity index (χ3n) is 2.91. The number of hydrogen-bond donors (Lipinski definition) is 1. The highest BCUT2D eigenvalue weighted by atomic mass is 35.5. The lowest BCUT2D eigenvalue weighted by Crippen LogP contribution is -2.00. The van der Waals surface area contributed by atoms with Crippen molar-refractivity contribution in [3.05, 3.63) is 64.2 Å². The lowest BCUT2D eigenvalue weighted by molar-refractivity contribution is 0.185. The largest absolute Gasteiger partial charge is 0.380 e. The van der Waals surface area contributed by atoms with Crippen LogP contribution in [0, 0.1) is 11.3 Å². The molecule has 102 valence electrons. The van der Waals surface area contributed by atoms with Gasteiger partial charge in [0.15, 0.2) is 0 Å². The van der Waals surface area contributed by atoms with Crippen LogP contribution in [0.5, 0.6) is 0 Å². The molecule has 0 unspecified atom stereocenters. The van der Waals surface area contributed by atoms with Crippen LogP contribution in [0.2, 0.25) is 5.02 Å². The van der Waals surface area contributed by atoms with E-state index in [9.17, 15) is 0 Å². The Labute approximate surface area is 123 Å². The Morgan fingerprint density at radius 3 is 2.50 bits per heavy atom. The van der Waals surface area contributed by atoms with E-state index in [-0.39, 0.29) is 0 Å². The number of hydrogen-bond acceptors (Lipinski definition) is 3. The molecule has 2 rings (SSSR count). The quantitative estimate of drug-likeness (QED) is 0.904. The van der Waals surface area contributed by atoms with Gasteiger partial charge in [0.25, 0.3) is 0 Å². The molecule has 0 spiro atoms. The third kappa shape index (κ3) is 3.74. The van der Waals surface area contributed by atoms with Gasteiger partial charge in [-0.1, -0.05) is 35.9 Å². The van der Waals surface area contributed by atoms with Crippen LogP contribution >= 0.6 is 11.6 Å². The van der Waals surface area contributed by atoms with E-state index in [1.807, 2.05) is 24.3 Å². The molecule has 0 saturated carbocycles. The summed E-state index contributed by atoms with van der Waals surface area (Å²) in [6.07, 6.45) is 0. The lowest BCUT2D eigenvalue weighted by atomic mass is 10.1. The molecule has 0 saturated heterocycles. The maximum absolute atomic E-state index is 8.89. The van der Waals surface area contributed by atoms with Gasteiger partial charge in [-0.2, -0.15) is 5.26 Å². The number of halogens is 1. The van der Waals surface area contributed by atoms with Crippen LogP contribution < -0.4 is 5.32 Å². The van der Waals surface area contributed by atoms with Gasteiger partial charge in [0.2, 0.25) is 0 Å². The fourth-order valence-corrected chi connectivity index (χ4v) is 2.03. The Bertz CT molecular complexity index is 617. The average Bonchev–Trinajstić information content (AvgIpc) is 2.48. The molecule has 0 atom stereocenters. The fourth-order valence-electron chi connectivity index (χ4n) is 1.85. The van der Waals surface area contributed by atoms with Crippen molar-refractivity contribution in [3.63, 3.8) is 0 Å². The predicted octanol–water partition coefficient (Wildman–Crippen LogP) is 3.97. The molecule has 4 heteroatoms. The first-order chi connectivity index (χ1) is 9.72. The van der Waals surface area contributed by atoms with Gasteiger partial charge < -0.3 is 10.1 Å². The summed E-state index contributed by atoms with van der Waals surface area (Å²) in [4.78, 5) is 0.